The van der Waals surface area contributed by atoms with Crippen LogP contribution in [-0.4, -0.2) is 49.1 Å². The molecule has 1 fully saturated rings. The molecule has 7 nitrogen and oxygen atoms in total. The summed E-state index contributed by atoms with van der Waals surface area (Å²) in [4.78, 5) is 0. The summed E-state index contributed by atoms with van der Waals surface area (Å²) >= 11 is 0. The van der Waals surface area contributed by atoms with Crippen LogP contribution in [0.1, 0.15) is 51.0 Å². The Bertz CT molecular complexity index is 823. The van der Waals surface area contributed by atoms with Crippen molar-refractivity contribution >= 4 is 0 Å². The molecule has 2 aliphatic rings. The van der Waals surface area contributed by atoms with Crippen LogP contribution in [0.4, 0.5) is 0 Å². The summed E-state index contributed by atoms with van der Waals surface area (Å²) in [6.07, 6.45) is 9.57. The lowest BCUT2D eigenvalue weighted by molar-refractivity contribution is 0.135. The zero-order valence-corrected chi connectivity index (χ0v) is 16.9. The molecule has 0 amide bonds. The van der Waals surface area contributed by atoms with E-state index in [1.165, 1.54) is 5.56 Å². The van der Waals surface area contributed by atoms with Gasteiger partial charge in [-0.3, -0.25) is 0 Å². The molecule has 2 aromatic rings. The Morgan fingerprint density at radius 3 is 3.03 bits per heavy atom. The molecule has 156 valence electrons. The first-order chi connectivity index (χ1) is 14.2. The zero-order valence-electron chi connectivity index (χ0n) is 16.9. The van der Waals surface area contributed by atoms with Gasteiger partial charge < -0.3 is 14.9 Å². The average molecular weight is 399 g/mol. The molecule has 1 saturated carbocycles. The molecule has 0 spiro atoms. The van der Waals surface area contributed by atoms with Crippen molar-refractivity contribution in [2.24, 2.45) is 11.8 Å². The number of tetrazole rings is 1. The molecule has 2 heterocycles. The summed E-state index contributed by atoms with van der Waals surface area (Å²) in [6, 6.07) is 6.06. The molecular weight excluding hydrogens is 368 g/mol. The number of rotatable bonds is 7. The van der Waals surface area contributed by atoms with Crippen molar-refractivity contribution in [1.29, 1.82) is 0 Å². The fourth-order valence-corrected chi connectivity index (χ4v) is 4.63. The van der Waals surface area contributed by atoms with E-state index in [2.05, 4.69) is 33.6 Å². The first-order valence-corrected chi connectivity index (χ1v) is 10.7. The minimum absolute atomic E-state index is 0.0214. The SMILES string of the molecule is CCCCC[C@H](O)/C=C/[C@@H]1[C@H]2CCc3ccc(-c4nnn[nH]4)cc3O[C@H]2C[C@H]1O. The second-order valence-electron chi connectivity index (χ2n) is 8.26. The fourth-order valence-electron chi connectivity index (χ4n) is 4.63. The summed E-state index contributed by atoms with van der Waals surface area (Å²) in [5, 5.41) is 34.9. The van der Waals surface area contributed by atoms with Crippen molar-refractivity contribution in [3.8, 4) is 17.1 Å². The number of aliphatic hydroxyl groups is 2. The highest BCUT2D eigenvalue weighted by Gasteiger charge is 2.43. The van der Waals surface area contributed by atoms with Gasteiger partial charge in [0.05, 0.1) is 12.2 Å². The number of H-pyrrole nitrogens is 1. The van der Waals surface area contributed by atoms with E-state index in [0.29, 0.717) is 12.2 Å². The molecule has 1 aliphatic heterocycles. The second-order valence-corrected chi connectivity index (χ2v) is 8.26. The minimum atomic E-state index is -0.438. The van der Waals surface area contributed by atoms with Crippen LogP contribution >= 0.6 is 0 Å². The summed E-state index contributed by atoms with van der Waals surface area (Å²) in [5.74, 6) is 1.73. The maximum atomic E-state index is 10.6. The van der Waals surface area contributed by atoms with E-state index >= 15 is 0 Å². The standard InChI is InChI=1S/C22H30N4O3/c1-2-3-4-5-16(27)9-11-17-18-10-8-14-6-7-15(22-23-25-26-24-22)12-20(14)29-21(18)13-19(17)28/h6-7,9,11-12,16-19,21,27-28H,2-5,8,10,13H2,1H3,(H,23,24,25,26)/b11-9+/t16-,17+,18+,19+,21-/m0/s1. The van der Waals surface area contributed by atoms with Crippen LogP contribution in [0.15, 0.2) is 30.4 Å². The number of hydrogen-bond acceptors (Lipinski definition) is 6. The van der Waals surface area contributed by atoms with Crippen LogP contribution in [0.2, 0.25) is 0 Å². The van der Waals surface area contributed by atoms with E-state index in [4.69, 9.17) is 4.74 Å². The maximum absolute atomic E-state index is 10.6. The van der Waals surface area contributed by atoms with Gasteiger partial charge in [-0.05, 0) is 41.3 Å². The van der Waals surface area contributed by atoms with Crippen molar-refractivity contribution in [3.05, 3.63) is 35.9 Å². The minimum Gasteiger partial charge on any atom is -0.490 e. The number of nitrogens with one attached hydrogen (secondary N) is 1. The molecule has 7 heteroatoms. The third-order valence-corrected chi connectivity index (χ3v) is 6.26. The molecule has 3 N–H and O–H groups in total. The lowest BCUT2D eigenvalue weighted by Crippen LogP contribution is -2.24. The van der Waals surface area contributed by atoms with Crippen LogP contribution in [0.25, 0.3) is 11.4 Å². The molecule has 1 aromatic heterocycles. The molecule has 1 aromatic carbocycles. The van der Waals surface area contributed by atoms with Gasteiger partial charge in [0.15, 0.2) is 5.82 Å². The normalized spacial score (nSPS) is 27.3. The van der Waals surface area contributed by atoms with Gasteiger partial charge in [0.25, 0.3) is 0 Å². The highest BCUT2D eigenvalue weighted by Crippen LogP contribution is 2.43. The topological polar surface area (TPSA) is 104 Å². The monoisotopic (exact) mass is 398 g/mol. The highest BCUT2D eigenvalue weighted by molar-refractivity contribution is 5.58. The number of aromatic nitrogens is 4. The number of ether oxygens (including phenoxy) is 1. The van der Waals surface area contributed by atoms with Gasteiger partial charge in [-0.1, -0.05) is 50.5 Å². The Hall–Kier alpha value is -2.25. The van der Waals surface area contributed by atoms with Gasteiger partial charge in [0, 0.05) is 23.8 Å². The molecular formula is C22H30N4O3. The molecule has 0 bridgehead atoms. The Balaban J connectivity index is 1.46. The number of unbranched alkanes of at least 4 members (excludes halogenated alkanes) is 2. The predicted octanol–water partition coefficient (Wildman–Crippen LogP) is 3.05. The van der Waals surface area contributed by atoms with E-state index < -0.39 is 12.2 Å². The number of nitrogens with zero attached hydrogens (tertiary/aromatic N) is 3. The summed E-state index contributed by atoms with van der Waals surface area (Å²) < 4.78 is 6.37. The predicted molar refractivity (Wildman–Crippen MR) is 109 cm³/mol. The number of fused-ring (bicyclic) bond motifs is 2. The molecule has 0 radical (unpaired) electrons. The zero-order chi connectivity index (χ0) is 20.2. The highest BCUT2D eigenvalue weighted by atomic mass is 16.5. The van der Waals surface area contributed by atoms with Crippen LogP contribution in [0, 0.1) is 11.8 Å². The third-order valence-electron chi connectivity index (χ3n) is 6.26. The van der Waals surface area contributed by atoms with Gasteiger partial charge in [-0.15, -0.1) is 5.10 Å². The van der Waals surface area contributed by atoms with Crippen molar-refractivity contribution < 1.29 is 14.9 Å². The average Bonchev–Trinajstić information content (AvgIpc) is 3.30. The first kappa shape index (κ1) is 20.0. The van der Waals surface area contributed by atoms with Gasteiger partial charge >= 0.3 is 0 Å². The largest absolute Gasteiger partial charge is 0.490 e. The molecule has 1 aliphatic carbocycles. The Morgan fingerprint density at radius 2 is 2.24 bits per heavy atom. The quantitative estimate of drug-likeness (QED) is 0.489. The van der Waals surface area contributed by atoms with Crippen molar-refractivity contribution in [2.45, 2.75) is 70.2 Å². The lowest BCUT2D eigenvalue weighted by Gasteiger charge is -2.21. The number of benzene rings is 1. The maximum Gasteiger partial charge on any atom is 0.179 e. The second kappa shape index (κ2) is 9.05. The Kier molecular flexibility index (Phi) is 6.25. The van der Waals surface area contributed by atoms with E-state index in [9.17, 15) is 10.2 Å². The number of aliphatic hydroxyl groups excluding tert-OH is 2. The van der Waals surface area contributed by atoms with E-state index in [0.717, 1.165) is 49.8 Å². The summed E-state index contributed by atoms with van der Waals surface area (Å²) in [5.41, 5.74) is 2.06. The van der Waals surface area contributed by atoms with E-state index in [-0.39, 0.29) is 17.9 Å². The number of hydrogen-bond donors (Lipinski definition) is 3. The Labute approximate surface area is 171 Å². The van der Waals surface area contributed by atoms with Crippen molar-refractivity contribution in [2.75, 3.05) is 0 Å². The van der Waals surface area contributed by atoms with Crippen LogP contribution < -0.4 is 4.74 Å². The molecule has 29 heavy (non-hydrogen) atoms. The van der Waals surface area contributed by atoms with Crippen LogP contribution in [0.5, 0.6) is 5.75 Å². The van der Waals surface area contributed by atoms with Gasteiger partial charge in [0.2, 0.25) is 0 Å². The fraction of sp³-hybridized carbons (Fsp3) is 0.591. The van der Waals surface area contributed by atoms with E-state index in [1.807, 2.05) is 24.3 Å². The van der Waals surface area contributed by atoms with Crippen LogP contribution in [-0.2, 0) is 6.42 Å². The summed E-state index contributed by atoms with van der Waals surface area (Å²) in [7, 11) is 0. The van der Waals surface area contributed by atoms with Crippen LogP contribution in [0.3, 0.4) is 0 Å². The smallest absolute Gasteiger partial charge is 0.179 e. The number of aryl methyl sites for hydroxylation is 1. The molecule has 4 rings (SSSR count). The lowest BCUT2D eigenvalue weighted by atomic mass is 9.88. The van der Waals surface area contributed by atoms with Crippen molar-refractivity contribution in [1.82, 2.24) is 20.6 Å². The van der Waals surface area contributed by atoms with Crippen molar-refractivity contribution in [3.63, 3.8) is 0 Å². The molecule has 5 atom stereocenters. The molecule has 0 unspecified atom stereocenters. The first-order valence-electron chi connectivity index (χ1n) is 10.7. The van der Waals surface area contributed by atoms with E-state index in [1.54, 1.807) is 0 Å². The molecule has 0 saturated heterocycles. The third kappa shape index (κ3) is 4.51. The number of aromatic amines is 1. The summed E-state index contributed by atoms with van der Waals surface area (Å²) in [6.45, 7) is 2.16. The van der Waals surface area contributed by atoms with Gasteiger partial charge in [-0.2, -0.15) is 0 Å². The van der Waals surface area contributed by atoms with Gasteiger partial charge in [0.1, 0.15) is 11.9 Å². The Morgan fingerprint density at radius 1 is 1.34 bits per heavy atom. The van der Waals surface area contributed by atoms with Gasteiger partial charge in [-0.25, -0.2) is 5.10 Å².